The van der Waals surface area contributed by atoms with Gasteiger partial charge in [-0.2, -0.15) is 0 Å². The first-order chi connectivity index (χ1) is 10.5. The second kappa shape index (κ2) is 7.09. The Morgan fingerprint density at radius 3 is 2.41 bits per heavy atom. The third-order valence-corrected chi connectivity index (χ3v) is 3.17. The number of hydrogen-bond donors (Lipinski definition) is 3. The van der Waals surface area contributed by atoms with Crippen LogP contribution in [0.5, 0.6) is 0 Å². The van der Waals surface area contributed by atoms with E-state index < -0.39 is 0 Å². The first-order valence-electron chi connectivity index (χ1n) is 7.21. The maximum atomic E-state index is 6.16. The molecule has 6 heteroatoms. The summed E-state index contributed by atoms with van der Waals surface area (Å²) in [4.78, 5) is 8.42. The van der Waals surface area contributed by atoms with Crippen LogP contribution in [0.4, 0.5) is 23.0 Å². The van der Waals surface area contributed by atoms with E-state index in [1.165, 1.54) is 17.5 Å². The van der Waals surface area contributed by atoms with Crippen molar-refractivity contribution in [1.82, 2.24) is 9.97 Å². The molecule has 0 bridgehead atoms. The number of nitrogen functional groups attached to an aromatic ring is 1. The lowest BCUT2D eigenvalue weighted by Gasteiger charge is -2.17. The zero-order valence-electron chi connectivity index (χ0n) is 13.5. The van der Waals surface area contributed by atoms with Crippen LogP contribution >= 0.6 is 0 Å². The Labute approximate surface area is 131 Å². The lowest BCUT2D eigenvalue weighted by molar-refractivity contribution is 0.190. The number of nitrogens with two attached hydrogens (primary N) is 1. The standard InChI is InChI=1S/C16H23N5O/c1-10-5-11(2)7-13(6-10)21-16-14(17)15(18-9-19-16)20-12(3)8-22-4/h5-7,9,12H,8,17H2,1-4H3,(H2,18,19,20,21). The van der Waals surface area contributed by atoms with Gasteiger partial charge in [0.05, 0.1) is 6.61 Å². The molecule has 0 spiro atoms. The van der Waals surface area contributed by atoms with Crippen molar-refractivity contribution in [3.63, 3.8) is 0 Å². The van der Waals surface area contributed by atoms with E-state index in [-0.39, 0.29) is 6.04 Å². The lowest BCUT2D eigenvalue weighted by atomic mass is 10.1. The van der Waals surface area contributed by atoms with Crippen molar-refractivity contribution in [1.29, 1.82) is 0 Å². The molecule has 0 saturated carbocycles. The molecule has 0 aliphatic carbocycles. The van der Waals surface area contributed by atoms with Crippen LogP contribution < -0.4 is 16.4 Å². The number of hydrogen-bond acceptors (Lipinski definition) is 6. The second-order valence-electron chi connectivity index (χ2n) is 5.49. The summed E-state index contributed by atoms with van der Waals surface area (Å²) in [5, 5.41) is 6.47. The van der Waals surface area contributed by atoms with Gasteiger partial charge in [0.15, 0.2) is 11.6 Å². The molecule has 118 valence electrons. The van der Waals surface area contributed by atoms with Crippen molar-refractivity contribution in [3.8, 4) is 0 Å². The molecule has 4 N–H and O–H groups in total. The largest absolute Gasteiger partial charge is 0.393 e. The van der Waals surface area contributed by atoms with Crippen molar-refractivity contribution in [3.05, 3.63) is 35.7 Å². The monoisotopic (exact) mass is 301 g/mol. The van der Waals surface area contributed by atoms with Gasteiger partial charge >= 0.3 is 0 Å². The minimum absolute atomic E-state index is 0.108. The SMILES string of the molecule is COCC(C)Nc1ncnc(Nc2cc(C)cc(C)c2)c1N. The van der Waals surface area contributed by atoms with Crippen LogP contribution in [-0.2, 0) is 4.74 Å². The van der Waals surface area contributed by atoms with Gasteiger partial charge in [-0.3, -0.25) is 0 Å². The first-order valence-corrected chi connectivity index (χ1v) is 7.21. The van der Waals surface area contributed by atoms with Crippen molar-refractivity contribution in [2.24, 2.45) is 0 Å². The van der Waals surface area contributed by atoms with Crippen LogP contribution in [0.15, 0.2) is 24.5 Å². The highest BCUT2D eigenvalue weighted by Gasteiger charge is 2.11. The Bertz CT molecular complexity index is 624. The highest BCUT2D eigenvalue weighted by Crippen LogP contribution is 2.27. The third kappa shape index (κ3) is 4.08. The summed E-state index contributed by atoms with van der Waals surface area (Å²) in [7, 11) is 1.66. The number of methoxy groups -OCH3 is 1. The fourth-order valence-electron chi connectivity index (χ4n) is 2.32. The van der Waals surface area contributed by atoms with E-state index in [1.807, 2.05) is 6.92 Å². The van der Waals surface area contributed by atoms with Gasteiger partial charge in [-0.15, -0.1) is 0 Å². The van der Waals surface area contributed by atoms with Crippen LogP contribution in [0.25, 0.3) is 0 Å². The summed E-state index contributed by atoms with van der Waals surface area (Å²) in [5.41, 5.74) is 9.97. The lowest BCUT2D eigenvalue weighted by Crippen LogP contribution is -2.22. The maximum Gasteiger partial charge on any atom is 0.159 e. The number of benzene rings is 1. The zero-order valence-corrected chi connectivity index (χ0v) is 13.5. The Balaban J connectivity index is 2.21. The molecular weight excluding hydrogens is 278 g/mol. The van der Waals surface area contributed by atoms with Gasteiger partial charge in [-0.25, -0.2) is 9.97 Å². The van der Waals surface area contributed by atoms with Gasteiger partial charge in [0, 0.05) is 18.8 Å². The Morgan fingerprint density at radius 1 is 1.14 bits per heavy atom. The van der Waals surface area contributed by atoms with E-state index in [4.69, 9.17) is 10.5 Å². The van der Waals surface area contributed by atoms with Crippen LogP contribution in [0.2, 0.25) is 0 Å². The molecule has 6 nitrogen and oxygen atoms in total. The van der Waals surface area contributed by atoms with Crippen LogP contribution in [-0.4, -0.2) is 29.7 Å². The number of aromatic nitrogens is 2. The smallest absolute Gasteiger partial charge is 0.159 e. The molecule has 0 aliphatic heterocycles. The van der Waals surface area contributed by atoms with Crippen LogP contribution in [0, 0.1) is 13.8 Å². The molecule has 2 rings (SSSR count). The summed E-state index contributed by atoms with van der Waals surface area (Å²) < 4.78 is 5.11. The summed E-state index contributed by atoms with van der Waals surface area (Å²) in [6.07, 6.45) is 1.49. The third-order valence-electron chi connectivity index (χ3n) is 3.17. The van der Waals surface area contributed by atoms with E-state index in [9.17, 15) is 0 Å². The molecule has 0 radical (unpaired) electrons. The molecule has 22 heavy (non-hydrogen) atoms. The highest BCUT2D eigenvalue weighted by molar-refractivity contribution is 5.77. The van der Waals surface area contributed by atoms with Crippen molar-refractivity contribution < 1.29 is 4.74 Å². The fraction of sp³-hybridized carbons (Fsp3) is 0.375. The number of ether oxygens (including phenoxy) is 1. The Morgan fingerprint density at radius 2 is 1.77 bits per heavy atom. The predicted octanol–water partition coefficient (Wildman–Crippen LogP) is 2.87. The molecule has 1 atom stereocenters. The summed E-state index contributed by atoms with van der Waals surface area (Å²) in [6, 6.07) is 6.33. The quantitative estimate of drug-likeness (QED) is 0.760. The van der Waals surface area contributed by atoms with E-state index in [1.54, 1.807) is 7.11 Å². The number of nitrogens with one attached hydrogen (secondary N) is 2. The van der Waals surface area contributed by atoms with E-state index in [2.05, 4.69) is 52.6 Å². The molecule has 0 aliphatic rings. The molecule has 0 amide bonds. The molecule has 2 aromatic rings. The number of nitrogens with zero attached hydrogens (tertiary/aromatic N) is 2. The Hall–Kier alpha value is -2.34. The number of anilines is 4. The van der Waals surface area contributed by atoms with Crippen molar-refractivity contribution in [2.45, 2.75) is 26.8 Å². The molecule has 0 fully saturated rings. The van der Waals surface area contributed by atoms with E-state index in [0.29, 0.717) is 23.9 Å². The normalized spacial score (nSPS) is 12.0. The second-order valence-corrected chi connectivity index (χ2v) is 5.49. The fourth-order valence-corrected chi connectivity index (χ4v) is 2.32. The first kappa shape index (κ1) is 16.0. The molecule has 1 aromatic heterocycles. The average molecular weight is 301 g/mol. The molecule has 0 saturated heterocycles. The highest BCUT2D eigenvalue weighted by atomic mass is 16.5. The number of aryl methyl sites for hydroxylation is 2. The summed E-state index contributed by atoms with van der Waals surface area (Å²) in [6.45, 7) is 6.69. The van der Waals surface area contributed by atoms with Gasteiger partial charge < -0.3 is 21.1 Å². The Kier molecular flexibility index (Phi) is 5.16. The topological polar surface area (TPSA) is 85.1 Å². The minimum atomic E-state index is 0.108. The van der Waals surface area contributed by atoms with E-state index in [0.717, 1.165) is 5.69 Å². The molecule has 1 unspecified atom stereocenters. The van der Waals surface area contributed by atoms with Crippen LogP contribution in [0.1, 0.15) is 18.1 Å². The summed E-state index contributed by atoms with van der Waals surface area (Å²) in [5.74, 6) is 1.19. The predicted molar refractivity (Wildman–Crippen MR) is 90.6 cm³/mol. The van der Waals surface area contributed by atoms with Crippen LogP contribution in [0.3, 0.4) is 0 Å². The minimum Gasteiger partial charge on any atom is -0.393 e. The molecular formula is C16H23N5O. The van der Waals surface area contributed by atoms with Gasteiger partial charge in [-0.1, -0.05) is 6.07 Å². The van der Waals surface area contributed by atoms with Gasteiger partial charge in [-0.05, 0) is 44.0 Å². The van der Waals surface area contributed by atoms with Crippen molar-refractivity contribution in [2.75, 3.05) is 30.1 Å². The van der Waals surface area contributed by atoms with Gasteiger partial charge in [0.1, 0.15) is 12.0 Å². The zero-order chi connectivity index (χ0) is 16.1. The van der Waals surface area contributed by atoms with Gasteiger partial charge in [0.25, 0.3) is 0 Å². The van der Waals surface area contributed by atoms with Gasteiger partial charge in [0.2, 0.25) is 0 Å². The van der Waals surface area contributed by atoms with Crippen molar-refractivity contribution >= 4 is 23.0 Å². The average Bonchev–Trinajstić information content (AvgIpc) is 2.42. The summed E-state index contributed by atoms with van der Waals surface area (Å²) >= 11 is 0. The number of rotatable bonds is 6. The maximum absolute atomic E-state index is 6.16. The molecule has 1 aromatic carbocycles. The molecule has 1 heterocycles. The van der Waals surface area contributed by atoms with E-state index >= 15 is 0 Å².